The molecule has 118 valence electrons. The summed E-state index contributed by atoms with van der Waals surface area (Å²) in [6.45, 7) is 8.68. The van der Waals surface area contributed by atoms with Crippen molar-refractivity contribution < 1.29 is 9.84 Å². The SMILES string of the molecule is CCCNc1ncnc(NCC2(O)CCOC2)c1C(C)C. The molecule has 0 saturated carbocycles. The first-order valence-corrected chi connectivity index (χ1v) is 7.68. The Morgan fingerprint density at radius 1 is 1.33 bits per heavy atom. The molecule has 2 heterocycles. The van der Waals surface area contributed by atoms with Gasteiger partial charge in [0.05, 0.1) is 6.61 Å². The van der Waals surface area contributed by atoms with Crippen LogP contribution in [0, 0.1) is 0 Å². The summed E-state index contributed by atoms with van der Waals surface area (Å²) in [5.41, 5.74) is 0.268. The zero-order chi connectivity index (χ0) is 15.3. The van der Waals surface area contributed by atoms with Gasteiger partial charge in [-0.2, -0.15) is 0 Å². The number of hydrogen-bond acceptors (Lipinski definition) is 6. The van der Waals surface area contributed by atoms with Gasteiger partial charge in [-0.1, -0.05) is 20.8 Å². The van der Waals surface area contributed by atoms with E-state index in [-0.39, 0.29) is 0 Å². The lowest BCUT2D eigenvalue weighted by molar-refractivity contribution is 0.0381. The van der Waals surface area contributed by atoms with E-state index in [4.69, 9.17) is 4.74 Å². The molecule has 1 unspecified atom stereocenters. The molecule has 0 amide bonds. The van der Waals surface area contributed by atoms with Crippen LogP contribution in [-0.2, 0) is 4.74 Å². The topological polar surface area (TPSA) is 79.3 Å². The van der Waals surface area contributed by atoms with Crippen LogP contribution >= 0.6 is 0 Å². The van der Waals surface area contributed by atoms with Crippen molar-refractivity contribution in [1.82, 2.24) is 9.97 Å². The van der Waals surface area contributed by atoms with Gasteiger partial charge < -0.3 is 20.5 Å². The number of ether oxygens (including phenoxy) is 1. The van der Waals surface area contributed by atoms with Crippen molar-refractivity contribution in [3.63, 3.8) is 0 Å². The Labute approximate surface area is 126 Å². The molecule has 0 bridgehead atoms. The van der Waals surface area contributed by atoms with Crippen molar-refractivity contribution in [3.05, 3.63) is 11.9 Å². The highest BCUT2D eigenvalue weighted by atomic mass is 16.5. The maximum absolute atomic E-state index is 10.3. The van der Waals surface area contributed by atoms with Crippen molar-refractivity contribution in [2.75, 3.05) is 36.9 Å². The van der Waals surface area contributed by atoms with Crippen molar-refractivity contribution in [3.8, 4) is 0 Å². The first-order valence-electron chi connectivity index (χ1n) is 7.68. The highest BCUT2D eigenvalue weighted by Gasteiger charge is 2.32. The first kappa shape index (κ1) is 16.0. The van der Waals surface area contributed by atoms with Gasteiger partial charge in [0.25, 0.3) is 0 Å². The number of nitrogens with one attached hydrogen (secondary N) is 2. The average molecular weight is 294 g/mol. The molecule has 0 radical (unpaired) electrons. The molecule has 0 aliphatic carbocycles. The molecule has 0 spiro atoms. The minimum atomic E-state index is -0.795. The molecule has 1 aliphatic heterocycles. The Morgan fingerprint density at radius 2 is 2.05 bits per heavy atom. The number of rotatable bonds is 7. The summed E-state index contributed by atoms with van der Waals surface area (Å²) in [4.78, 5) is 8.69. The van der Waals surface area contributed by atoms with E-state index in [1.54, 1.807) is 6.33 Å². The van der Waals surface area contributed by atoms with Crippen molar-refractivity contribution in [2.24, 2.45) is 0 Å². The molecular formula is C15H26N4O2. The summed E-state index contributed by atoms with van der Waals surface area (Å²) in [5, 5.41) is 17.0. The van der Waals surface area contributed by atoms with E-state index in [2.05, 4.69) is 41.4 Å². The van der Waals surface area contributed by atoms with Gasteiger partial charge in [-0.25, -0.2) is 9.97 Å². The molecular weight excluding hydrogens is 268 g/mol. The van der Waals surface area contributed by atoms with Gasteiger partial charge in [-0.05, 0) is 12.3 Å². The fraction of sp³-hybridized carbons (Fsp3) is 0.733. The van der Waals surface area contributed by atoms with Gasteiger partial charge >= 0.3 is 0 Å². The van der Waals surface area contributed by atoms with E-state index < -0.39 is 5.60 Å². The van der Waals surface area contributed by atoms with Gasteiger partial charge in [0, 0.05) is 31.7 Å². The maximum atomic E-state index is 10.3. The number of aromatic nitrogens is 2. The summed E-state index contributed by atoms with van der Waals surface area (Å²) in [6.07, 6.45) is 3.26. The minimum Gasteiger partial charge on any atom is -0.386 e. The largest absolute Gasteiger partial charge is 0.386 e. The highest BCUT2D eigenvalue weighted by Crippen LogP contribution is 2.29. The maximum Gasteiger partial charge on any atom is 0.135 e. The average Bonchev–Trinajstić information content (AvgIpc) is 2.90. The fourth-order valence-corrected chi connectivity index (χ4v) is 2.45. The Morgan fingerprint density at radius 3 is 2.62 bits per heavy atom. The lowest BCUT2D eigenvalue weighted by Crippen LogP contribution is -2.37. The molecule has 1 aromatic rings. The molecule has 2 rings (SSSR count). The van der Waals surface area contributed by atoms with Crippen LogP contribution in [0.15, 0.2) is 6.33 Å². The molecule has 6 heteroatoms. The first-order chi connectivity index (χ1) is 10.1. The third kappa shape index (κ3) is 4.04. The number of nitrogens with zero attached hydrogens (tertiary/aromatic N) is 2. The van der Waals surface area contributed by atoms with Crippen molar-refractivity contribution in [1.29, 1.82) is 0 Å². The molecule has 1 fully saturated rings. The second-order valence-electron chi connectivity index (χ2n) is 5.95. The molecule has 1 aromatic heterocycles. The molecule has 21 heavy (non-hydrogen) atoms. The van der Waals surface area contributed by atoms with Crippen LogP contribution in [0.25, 0.3) is 0 Å². The number of hydrogen-bond donors (Lipinski definition) is 3. The Hall–Kier alpha value is -1.40. The molecule has 1 aliphatic rings. The third-order valence-corrected chi connectivity index (χ3v) is 3.67. The summed E-state index contributed by atoms with van der Waals surface area (Å²) in [7, 11) is 0. The quantitative estimate of drug-likeness (QED) is 0.713. The number of aliphatic hydroxyl groups is 1. The summed E-state index contributed by atoms with van der Waals surface area (Å²) in [5.74, 6) is 1.96. The standard InChI is InChI=1S/C15H26N4O2/c1-4-6-16-13-12(11(2)3)14(19-10-18-13)17-8-15(20)5-7-21-9-15/h10-11,20H,4-9H2,1-3H3,(H2,16,17,18,19). The minimum absolute atomic E-state index is 0.294. The van der Waals surface area contributed by atoms with Crippen LogP contribution in [0.4, 0.5) is 11.6 Å². The van der Waals surface area contributed by atoms with E-state index in [0.29, 0.717) is 32.1 Å². The highest BCUT2D eigenvalue weighted by molar-refractivity contribution is 5.59. The second kappa shape index (κ2) is 7.04. The van der Waals surface area contributed by atoms with Crippen LogP contribution in [0.1, 0.15) is 45.1 Å². The molecule has 1 saturated heterocycles. The molecule has 0 aromatic carbocycles. The Kier molecular flexibility index (Phi) is 5.36. The predicted molar refractivity (Wildman–Crippen MR) is 83.8 cm³/mol. The second-order valence-corrected chi connectivity index (χ2v) is 5.95. The van der Waals surface area contributed by atoms with E-state index >= 15 is 0 Å². The third-order valence-electron chi connectivity index (χ3n) is 3.67. The summed E-state index contributed by atoms with van der Waals surface area (Å²) < 4.78 is 5.27. The fourth-order valence-electron chi connectivity index (χ4n) is 2.45. The Bertz CT molecular complexity index is 459. The van der Waals surface area contributed by atoms with E-state index in [9.17, 15) is 5.11 Å². The van der Waals surface area contributed by atoms with E-state index in [1.165, 1.54) is 0 Å². The van der Waals surface area contributed by atoms with Gasteiger partial charge in [-0.3, -0.25) is 0 Å². The molecule has 3 N–H and O–H groups in total. The van der Waals surface area contributed by atoms with E-state index in [1.807, 2.05) is 0 Å². The van der Waals surface area contributed by atoms with Crippen molar-refractivity contribution in [2.45, 2.75) is 45.1 Å². The lowest BCUT2D eigenvalue weighted by Gasteiger charge is -2.23. The van der Waals surface area contributed by atoms with E-state index in [0.717, 1.165) is 30.2 Å². The van der Waals surface area contributed by atoms with Crippen molar-refractivity contribution >= 4 is 11.6 Å². The van der Waals surface area contributed by atoms with Crippen LogP contribution in [0.2, 0.25) is 0 Å². The van der Waals surface area contributed by atoms with Crippen LogP contribution in [0.5, 0.6) is 0 Å². The molecule has 1 atom stereocenters. The van der Waals surface area contributed by atoms with Gasteiger partial charge in [0.1, 0.15) is 23.6 Å². The molecule has 6 nitrogen and oxygen atoms in total. The summed E-state index contributed by atoms with van der Waals surface area (Å²) in [6, 6.07) is 0. The lowest BCUT2D eigenvalue weighted by atomic mass is 10.0. The predicted octanol–water partition coefficient (Wildman–Crippen LogP) is 1.99. The normalized spacial score (nSPS) is 21.8. The van der Waals surface area contributed by atoms with Gasteiger partial charge in [0.2, 0.25) is 0 Å². The van der Waals surface area contributed by atoms with Crippen LogP contribution in [-0.4, -0.2) is 47.0 Å². The zero-order valence-corrected chi connectivity index (χ0v) is 13.1. The zero-order valence-electron chi connectivity index (χ0n) is 13.1. The monoisotopic (exact) mass is 294 g/mol. The van der Waals surface area contributed by atoms with Gasteiger partial charge in [0.15, 0.2) is 0 Å². The van der Waals surface area contributed by atoms with Gasteiger partial charge in [-0.15, -0.1) is 0 Å². The van der Waals surface area contributed by atoms with Crippen LogP contribution in [0.3, 0.4) is 0 Å². The number of anilines is 2. The Balaban J connectivity index is 2.13. The smallest absolute Gasteiger partial charge is 0.135 e. The van der Waals surface area contributed by atoms with Crippen LogP contribution < -0.4 is 10.6 Å². The summed E-state index contributed by atoms with van der Waals surface area (Å²) >= 11 is 0.